The molecule has 0 amide bonds. The fraction of sp³-hybridized carbons (Fsp3) is 0.214. The summed E-state index contributed by atoms with van der Waals surface area (Å²) in [6.45, 7) is 0. The molecule has 0 aliphatic carbocycles. The normalized spacial score (nSPS) is 14.9. The summed E-state index contributed by atoms with van der Waals surface area (Å²) in [4.78, 5) is 34.2. The monoisotopic (exact) mass is 326 g/mol. The molecule has 1 aromatic rings. The maximum Gasteiger partial charge on any atom is 0.349 e. The van der Waals surface area contributed by atoms with Gasteiger partial charge in [-0.2, -0.15) is 0 Å². The molecule has 1 aromatic carbocycles. The Morgan fingerprint density at radius 3 is 2.30 bits per heavy atom. The van der Waals surface area contributed by atoms with Gasteiger partial charge in [0, 0.05) is 0 Å². The number of methoxy groups -OCH3 is 1. The van der Waals surface area contributed by atoms with Crippen molar-refractivity contribution in [3.8, 4) is 11.5 Å². The molecule has 0 aliphatic rings. The summed E-state index contributed by atoms with van der Waals surface area (Å²) in [6.07, 6.45) is -1.07. The number of aromatic hydroxyl groups is 2. The molecule has 124 valence electrons. The van der Waals surface area contributed by atoms with Crippen LogP contribution in [0.1, 0.15) is 5.56 Å². The summed E-state index contributed by atoms with van der Waals surface area (Å²) in [5, 5.41) is 46.5. The van der Waals surface area contributed by atoms with E-state index in [-0.39, 0.29) is 5.56 Å². The first-order valence-corrected chi connectivity index (χ1v) is 6.10. The SMILES string of the molecule is COC(=O)C(O)(C(=O)/C=C/c1ccc(O)c(O)c1)C(O)C(=O)O. The molecule has 5 N–H and O–H groups in total. The summed E-state index contributed by atoms with van der Waals surface area (Å²) >= 11 is 0. The van der Waals surface area contributed by atoms with E-state index in [0.717, 1.165) is 25.3 Å². The van der Waals surface area contributed by atoms with Crippen molar-refractivity contribution in [3.05, 3.63) is 29.8 Å². The number of ether oxygens (including phenoxy) is 1. The van der Waals surface area contributed by atoms with Crippen molar-refractivity contribution in [2.24, 2.45) is 0 Å². The fourth-order valence-electron chi connectivity index (χ4n) is 1.62. The van der Waals surface area contributed by atoms with Crippen molar-refractivity contribution in [2.75, 3.05) is 7.11 Å². The molecule has 0 heterocycles. The summed E-state index contributed by atoms with van der Waals surface area (Å²) in [7, 11) is 0.802. The minimum Gasteiger partial charge on any atom is -0.504 e. The molecule has 0 bridgehead atoms. The molecule has 23 heavy (non-hydrogen) atoms. The average molecular weight is 326 g/mol. The van der Waals surface area contributed by atoms with Gasteiger partial charge in [-0.25, -0.2) is 9.59 Å². The standard InChI is InChI=1S/C14H14O9/c1-23-13(21)14(22,11(18)12(19)20)10(17)5-3-7-2-4-8(15)9(16)6-7/h2-6,11,15-16,18,22H,1H3,(H,19,20)/b5-3+. The number of benzene rings is 1. The molecule has 0 aliphatic heterocycles. The van der Waals surface area contributed by atoms with Gasteiger partial charge >= 0.3 is 11.9 Å². The van der Waals surface area contributed by atoms with Crippen molar-refractivity contribution < 1.29 is 44.7 Å². The van der Waals surface area contributed by atoms with Crippen LogP contribution in [0.4, 0.5) is 0 Å². The summed E-state index contributed by atoms with van der Waals surface area (Å²) in [5.74, 6) is -5.96. The van der Waals surface area contributed by atoms with Crippen LogP contribution in [0, 0.1) is 0 Å². The van der Waals surface area contributed by atoms with Crippen LogP contribution < -0.4 is 0 Å². The van der Waals surface area contributed by atoms with Crippen molar-refractivity contribution in [1.82, 2.24) is 0 Å². The predicted octanol–water partition coefficient (Wildman–Crippen LogP) is -0.970. The quantitative estimate of drug-likeness (QED) is 0.192. The van der Waals surface area contributed by atoms with E-state index in [1.165, 1.54) is 6.07 Å². The average Bonchev–Trinajstić information content (AvgIpc) is 2.52. The van der Waals surface area contributed by atoms with Crippen LogP contribution in [-0.2, 0) is 19.1 Å². The van der Waals surface area contributed by atoms with Crippen molar-refractivity contribution in [3.63, 3.8) is 0 Å². The van der Waals surface area contributed by atoms with Gasteiger partial charge in [-0.3, -0.25) is 4.79 Å². The number of hydrogen-bond donors (Lipinski definition) is 5. The minimum absolute atomic E-state index is 0.200. The van der Waals surface area contributed by atoms with Gasteiger partial charge in [0.15, 0.2) is 17.6 Å². The van der Waals surface area contributed by atoms with Gasteiger partial charge in [0.05, 0.1) is 7.11 Å². The lowest BCUT2D eigenvalue weighted by atomic mass is 9.90. The highest BCUT2D eigenvalue weighted by atomic mass is 16.5. The Labute approximate surface area is 129 Å². The zero-order valence-electron chi connectivity index (χ0n) is 11.8. The molecule has 0 saturated carbocycles. The summed E-state index contributed by atoms with van der Waals surface area (Å²) < 4.78 is 4.15. The first kappa shape index (κ1) is 18.1. The van der Waals surface area contributed by atoms with Gasteiger partial charge in [-0.1, -0.05) is 12.1 Å². The number of hydrogen-bond acceptors (Lipinski definition) is 8. The number of carboxylic acids is 1. The largest absolute Gasteiger partial charge is 0.504 e. The number of carboxylic acid groups (broad SMARTS) is 1. The zero-order chi connectivity index (χ0) is 17.8. The highest BCUT2D eigenvalue weighted by molar-refractivity contribution is 6.16. The molecule has 0 fully saturated rings. The smallest absolute Gasteiger partial charge is 0.349 e. The molecule has 9 heteroatoms. The number of carbonyl (C=O) groups excluding carboxylic acids is 2. The maximum atomic E-state index is 12.0. The number of esters is 1. The van der Waals surface area contributed by atoms with Crippen molar-refractivity contribution in [2.45, 2.75) is 11.7 Å². The van der Waals surface area contributed by atoms with E-state index in [1.807, 2.05) is 0 Å². The van der Waals surface area contributed by atoms with E-state index in [4.69, 9.17) is 10.2 Å². The van der Waals surface area contributed by atoms with E-state index in [1.54, 1.807) is 0 Å². The van der Waals surface area contributed by atoms with Crippen LogP contribution in [0.15, 0.2) is 24.3 Å². The number of rotatable bonds is 6. The number of phenolic OH excluding ortho intramolecular Hbond substituents is 2. The van der Waals surface area contributed by atoms with Crippen LogP contribution in [0.2, 0.25) is 0 Å². The topological polar surface area (TPSA) is 162 Å². The Morgan fingerprint density at radius 1 is 1.22 bits per heavy atom. The highest BCUT2D eigenvalue weighted by Gasteiger charge is 2.54. The van der Waals surface area contributed by atoms with Crippen LogP contribution in [0.25, 0.3) is 6.08 Å². The molecular formula is C14H14O9. The second-order valence-corrected chi connectivity index (χ2v) is 4.44. The van der Waals surface area contributed by atoms with E-state index in [9.17, 15) is 29.7 Å². The summed E-state index contributed by atoms with van der Waals surface area (Å²) in [5.41, 5.74) is -3.12. The van der Waals surface area contributed by atoms with Gasteiger partial charge in [0.25, 0.3) is 5.60 Å². The minimum atomic E-state index is -3.32. The highest BCUT2D eigenvalue weighted by Crippen LogP contribution is 2.25. The predicted molar refractivity (Wildman–Crippen MR) is 74.4 cm³/mol. The van der Waals surface area contributed by atoms with E-state index in [0.29, 0.717) is 6.08 Å². The number of ketones is 1. The molecule has 0 aromatic heterocycles. The Bertz CT molecular complexity index is 664. The Kier molecular flexibility index (Phi) is 5.44. The van der Waals surface area contributed by atoms with Crippen molar-refractivity contribution >= 4 is 23.8 Å². The van der Waals surface area contributed by atoms with Crippen LogP contribution in [0.3, 0.4) is 0 Å². The Balaban J connectivity index is 3.15. The van der Waals surface area contributed by atoms with Gasteiger partial charge in [0.1, 0.15) is 0 Å². The van der Waals surface area contributed by atoms with Gasteiger partial charge in [-0.15, -0.1) is 0 Å². The van der Waals surface area contributed by atoms with Crippen LogP contribution in [0.5, 0.6) is 11.5 Å². The molecule has 2 unspecified atom stereocenters. The molecule has 0 radical (unpaired) electrons. The first-order valence-electron chi connectivity index (χ1n) is 6.10. The lowest BCUT2D eigenvalue weighted by Gasteiger charge is -2.24. The Hall–Kier alpha value is -2.91. The number of phenols is 2. The van der Waals surface area contributed by atoms with Gasteiger partial charge < -0.3 is 30.3 Å². The van der Waals surface area contributed by atoms with E-state index >= 15 is 0 Å². The number of carbonyl (C=O) groups is 3. The number of aliphatic hydroxyl groups is 2. The molecule has 1 rings (SSSR count). The first-order chi connectivity index (χ1) is 10.6. The van der Waals surface area contributed by atoms with E-state index < -0.39 is 40.9 Å². The second kappa shape index (κ2) is 6.90. The molecular weight excluding hydrogens is 312 g/mol. The zero-order valence-corrected chi connectivity index (χ0v) is 11.8. The molecule has 0 spiro atoms. The van der Waals surface area contributed by atoms with Crippen molar-refractivity contribution in [1.29, 1.82) is 0 Å². The summed E-state index contributed by atoms with van der Waals surface area (Å²) in [6, 6.07) is 3.49. The maximum absolute atomic E-state index is 12.0. The van der Waals surface area contributed by atoms with E-state index in [2.05, 4.69) is 4.74 Å². The van der Waals surface area contributed by atoms with Crippen LogP contribution >= 0.6 is 0 Å². The third kappa shape index (κ3) is 3.65. The third-order valence-electron chi connectivity index (χ3n) is 2.93. The molecule has 0 saturated heterocycles. The van der Waals surface area contributed by atoms with Gasteiger partial charge in [0.2, 0.25) is 5.78 Å². The third-order valence-corrected chi connectivity index (χ3v) is 2.93. The fourth-order valence-corrected chi connectivity index (χ4v) is 1.62. The number of aliphatic carboxylic acids is 1. The molecule has 9 nitrogen and oxygen atoms in total. The van der Waals surface area contributed by atoms with Crippen LogP contribution in [-0.4, -0.2) is 62.1 Å². The van der Waals surface area contributed by atoms with Gasteiger partial charge in [-0.05, 0) is 23.8 Å². The second-order valence-electron chi connectivity index (χ2n) is 4.44. The lowest BCUT2D eigenvalue weighted by Crippen LogP contribution is -2.58. The Morgan fingerprint density at radius 2 is 1.83 bits per heavy atom. The number of aliphatic hydroxyl groups excluding tert-OH is 1. The molecule has 2 atom stereocenters. The lowest BCUT2D eigenvalue weighted by molar-refractivity contribution is -0.187.